The second-order valence-electron chi connectivity index (χ2n) is 4.13. The second-order valence-corrected chi connectivity index (χ2v) is 9.43. The van der Waals surface area contributed by atoms with Crippen LogP contribution >= 0.6 is 43.6 Å². The highest BCUT2D eigenvalue weighted by atomic mass is 79.9. The zero-order valence-corrected chi connectivity index (χ0v) is 12.0. The van der Waals surface area contributed by atoms with Crippen molar-refractivity contribution in [1.82, 2.24) is 4.90 Å². The summed E-state index contributed by atoms with van der Waals surface area (Å²) in [6.07, 6.45) is 0. The van der Waals surface area contributed by atoms with Crippen molar-refractivity contribution in [2.24, 2.45) is 0 Å². The molecule has 4 nitrogen and oxygen atoms in total. The van der Waals surface area contributed by atoms with Gasteiger partial charge in [0, 0.05) is 4.75 Å². The van der Waals surface area contributed by atoms with E-state index in [2.05, 4.69) is 31.9 Å². The van der Waals surface area contributed by atoms with Crippen LogP contribution in [0.15, 0.2) is 0 Å². The second kappa shape index (κ2) is 3.13. The van der Waals surface area contributed by atoms with Crippen molar-refractivity contribution < 1.29 is 14.7 Å². The van der Waals surface area contributed by atoms with Crippen LogP contribution in [-0.2, 0) is 9.59 Å². The summed E-state index contributed by atoms with van der Waals surface area (Å²) in [6.45, 7) is 3.61. The van der Waals surface area contributed by atoms with Crippen molar-refractivity contribution in [3.63, 3.8) is 0 Å². The van der Waals surface area contributed by atoms with E-state index in [1.807, 2.05) is 0 Å². The number of carboxylic acids is 1. The normalized spacial score (nSPS) is 36.0. The third-order valence-corrected chi connectivity index (χ3v) is 6.44. The molecular weight excluding hydrogens is 350 g/mol. The highest BCUT2D eigenvalue weighted by Crippen LogP contribution is 2.59. The molecule has 0 bridgehead atoms. The molecule has 0 saturated carbocycles. The molecule has 2 aliphatic rings. The lowest BCUT2D eigenvalue weighted by Crippen LogP contribution is -2.69. The SMILES string of the molecule is CC1(C)S[C@H]2N(C(=O)C2(Br)Br)[C@@H]1C(=O)[O-]. The number of amides is 1. The van der Waals surface area contributed by atoms with Crippen LogP contribution in [0.1, 0.15) is 13.8 Å². The van der Waals surface area contributed by atoms with E-state index in [4.69, 9.17) is 0 Å². The zero-order chi connectivity index (χ0) is 11.6. The molecule has 2 heterocycles. The molecule has 0 radical (unpaired) electrons. The Morgan fingerprint density at radius 1 is 1.53 bits per heavy atom. The van der Waals surface area contributed by atoms with Gasteiger partial charge in [-0.1, -0.05) is 31.9 Å². The third-order valence-electron chi connectivity index (χ3n) is 2.66. The molecule has 0 unspecified atom stereocenters. The van der Waals surface area contributed by atoms with Crippen LogP contribution in [0.25, 0.3) is 0 Å². The fourth-order valence-corrected chi connectivity index (χ4v) is 4.87. The fraction of sp³-hybridized carbons (Fsp3) is 0.750. The topological polar surface area (TPSA) is 60.4 Å². The van der Waals surface area contributed by atoms with Gasteiger partial charge in [0.05, 0.1) is 12.0 Å². The number of aliphatic carboxylic acids is 1. The van der Waals surface area contributed by atoms with Crippen LogP contribution in [0.5, 0.6) is 0 Å². The van der Waals surface area contributed by atoms with Crippen molar-refractivity contribution in [2.45, 2.75) is 33.2 Å². The fourth-order valence-electron chi connectivity index (χ4n) is 1.96. The standard InChI is InChI=1S/C8H9Br2NO3S/c1-7(2)3(4(12)13)11-5(14)8(9,10)6(11)15-7/h3,6H,1-2H3,(H,12,13)/p-1/t3-,6-/m1/s1. The number of hydrogen-bond acceptors (Lipinski definition) is 4. The summed E-state index contributed by atoms with van der Waals surface area (Å²) >= 11 is 7.97. The zero-order valence-electron chi connectivity index (χ0n) is 7.99. The van der Waals surface area contributed by atoms with Gasteiger partial charge in [-0.2, -0.15) is 0 Å². The third kappa shape index (κ3) is 1.39. The summed E-state index contributed by atoms with van der Waals surface area (Å²) in [5.74, 6) is -1.45. The van der Waals surface area contributed by atoms with E-state index in [1.165, 1.54) is 16.7 Å². The Balaban J connectivity index is 2.37. The molecule has 15 heavy (non-hydrogen) atoms. The van der Waals surface area contributed by atoms with Crippen LogP contribution in [0.3, 0.4) is 0 Å². The summed E-state index contributed by atoms with van der Waals surface area (Å²) in [6, 6.07) is -0.858. The van der Waals surface area contributed by atoms with E-state index in [0.29, 0.717) is 0 Å². The maximum absolute atomic E-state index is 11.7. The average Bonchev–Trinajstić information content (AvgIpc) is 2.35. The molecule has 84 valence electrons. The molecule has 0 spiro atoms. The minimum Gasteiger partial charge on any atom is -0.548 e. The Labute approximate surface area is 108 Å². The molecule has 2 aliphatic heterocycles. The Hall–Kier alpha value is 0.250. The number of rotatable bonds is 1. The monoisotopic (exact) mass is 356 g/mol. The summed E-state index contributed by atoms with van der Waals surface area (Å²) in [4.78, 5) is 24.1. The van der Waals surface area contributed by atoms with Crippen LogP contribution in [0.2, 0.25) is 0 Å². The van der Waals surface area contributed by atoms with Gasteiger partial charge in [-0.05, 0) is 13.8 Å². The Morgan fingerprint density at radius 3 is 2.53 bits per heavy atom. The largest absolute Gasteiger partial charge is 0.548 e. The van der Waals surface area contributed by atoms with Crippen LogP contribution in [-0.4, -0.2) is 36.2 Å². The van der Waals surface area contributed by atoms with Gasteiger partial charge in [-0.15, -0.1) is 11.8 Å². The number of β-lactam (4-membered cyclic amide) rings is 1. The van der Waals surface area contributed by atoms with E-state index in [0.717, 1.165) is 0 Å². The van der Waals surface area contributed by atoms with E-state index in [9.17, 15) is 14.7 Å². The molecule has 0 aromatic carbocycles. The highest BCUT2D eigenvalue weighted by molar-refractivity contribution is 9.26. The van der Waals surface area contributed by atoms with Gasteiger partial charge in [-0.3, -0.25) is 4.79 Å². The van der Waals surface area contributed by atoms with E-state index < -0.39 is 20.0 Å². The highest BCUT2D eigenvalue weighted by Gasteiger charge is 2.68. The Bertz CT molecular complexity index is 358. The number of nitrogens with zero attached hydrogens (tertiary/aromatic N) is 1. The Kier molecular flexibility index (Phi) is 2.45. The molecule has 0 aromatic rings. The minimum atomic E-state index is -1.20. The number of alkyl halides is 2. The number of hydrogen-bond donors (Lipinski definition) is 0. The van der Waals surface area contributed by atoms with Gasteiger partial charge < -0.3 is 14.8 Å². The first-order valence-corrected chi connectivity index (χ1v) is 6.75. The van der Waals surface area contributed by atoms with Crippen LogP contribution in [0, 0.1) is 0 Å². The van der Waals surface area contributed by atoms with Crippen molar-refractivity contribution in [3.8, 4) is 0 Å². The lowest BCUT2D eigenvalue weighted by molar-refractivity contribution is -0.312. The smallest absolute Gasteiger partial charge is 0.254 e. The van der Waals surface area contributed by atoms with Gasteiger partial charge in [-0.25, -0.2) is 0 Å². The number of halogens is 2. The van der Waals surface area contributed by atoms with Gasteiger partial charge in [0.25, 0.3) is 5.91 Å². The van der Waals surface area contributed by atoms with E-state index in [1.54, 1.807) is 13.8 Å². The van der Waals surface area contributed by atoms with E-state index in [-0.39, 0.29) is 11.3 Å². The summed E-state index contributed by atoms with van der Waals surface area (Å²) in [5.41, 5.74) is 0. The molecule has 0 aliphatic carbocycles. The molecule has 2 rings (SSSR count). The summed E-state index contributed by atoms with van der Waals surface area (Å²) in [5, 5.41) is 10.8. The first-order chi connectivity index (χ1) is 6.69. The number of carbonyl (C=O) groups excluding carboxylic acids is 2. The summed E-state index contributed by atoms with van der Waals surface area (Å²) < 4.78 is -1.34. The van der Waals surface area contributed by atoms with Crippen molar-refractivity contribution in [2.75, 3.05) is 0 Å². The predicted molar refractivity (Wildman–Crippen MR) is 61.7 cm³/mol. The molecule has 2 atom stereocenters. The number of thioether (sulfide) groups is 1. The van der Waals surface area contributed by atoms with Gasteiger partial charge in [0.2, 0.25) is 0 Å². The van der Waals surface area contributed by atoms with E-state index >= 15 is 0 Å². The minimum absolute atomic E-state index is 0.192. The molecular formula is C8H8Br2NO3S-. The van der Waals surface area contributed by atoms with Gasteiger partial charge in [0.15, 0.2) is 3.23 Å². The quantitative estimate of drug-likeness (QED) is 0.499. The van der Waals surface area contributed by atoms with Gasteiger partial charge >= 0.3 is 0 Å². The van der Waals surface area contributed by atoms with Crippen molar-refractivity contribution >= 4 is 55.5 Å². The Morgan fingerprint density at radius 2 is 2.07 bits per heavy atom. The number of fused-ring (bicyclic) bond motifs is 1. The first-order valence-electron chi connectivity index (χ1n) is 4.29. The average molecular weight is 358 g/mol. The number of carboxylic acid groups (broad SMARTS) is 1. The molecule has 1 amide bonds. The van der Waals surface area contributed by atoms with Crippen LogP contribution in [0.4, 0.5) is 0 Å². The molecule has 7 heteroatoms. The van der Waals surface area contributed by atoms with Crippen molar-refractivity contribution in [1.29, 1.82) is 0 Å². The van der Waals surface area contributed by atoms with Gasteiger partial charge in [0.1, 0.15) is 5.37 Å². The molecule has 2 fully saturated rings. The maximum atomic E-state index is 11.7. The maximum Gasteiger partial charge on any atom is 0.254 e. The predicted octanol–water partition coefficient (Wildman–Crippen LogP) is 0.285. The van der Waals surface area contributed by atoms with Crippen LogP contribution < -0.4 is 5.11 Å². The molecule has 0 aromatic heterocycles. The summed E-state index contributed by atoms with van der Waals surface area (Å²) in [7, 11) is 0. The first kappa shape index (κ1) is 11.7. The number of carbonyl (C=O) groups is 2. The molecule has 0 N–H and O–H groups in total. The lowest BCUT2D eigenvalue weighted by atomic mass is 9.98. The molecule has 2 saturated heterocycles. The lowest BCUT2D eigenvalue weighted by Gasteiger charge is -2.47. The van der Waals surface area contributed by atoms with Crippen molar-refractivity contribution in [3.05, 3.63) is 0 Å².